The number of ether oxygens (including phenoxy) is 1. The van der Waals surface area contributed by atoms with Crippen LogP contribution in [0.15, 0.2) is 44.4 Å². The van der Waals surface area contributed by atoms with Crippen molar-refractivity contribution in [2.45, 2.75) is 32.6 Å². The van der Waals surface area contributed by atoms with Gasteiger partial charge in [0.15, 0.2) is 6.61 Å². The Morgan fingerprint density at radius 2 is 2.16 bits per heavy atom. The van der Waals surface area contributed by atoms with E-state index in [0.717, 1.165) is 44.7 Å². The van der Waals surface area contributed by atoms with Crippen molar-refractivity contribution in [1.29, 1.82) is 0 Å². The number of hydrogen-bond acceptors (Lipinski definition) is 3. The molecule has 1 aliphatic carbocycles. The van der Waals surface area contributed by atoms with E-state index in [4.69, 9.17) is 4.74 Å². The number of hydrazone groups is 1. The quantitative estimate of drug-likeness (QED) is 0.609. The number of rotatable bonds is 4. The first kappa shape index (κ1) is 18.4. The molecule has 3 rings (SSSR count). The molecule has 1 fully saturated rings. The van der Waals surface area contributed by atoms with Gasteiger partial charge in [0.25, 0.3) is 5.91 Å². The summed E-state index contributed by atoms with van der Waals surface area (Å²) in [7, 11) is 0. The maximum Gasteiger partial charge on any atom is 0.277 e. The Labute approximate surface area is 164 Å². The molecular weight excluding hydrogens is 448 g/mol. The minimum absolute atomic E-state index is 0.0625. The molecule has 0 aliphatic heterocycles. The Morgan fingerprint density at radius 1 is 1.32 bits per heavy atom. The number of nitrogens with zero attached hydrogens (tertiary/aromatic N) is 1. The first-order valence-electron chi connectivity index (χ1n) is 8.38. The van der Waals surface area contributed by atoms with Crippen molar-refractivity contribution in [1.82, 2.24) is 5.43 Å². The summed E-state index contributed by atoms with van der Waals surface area (Å²) < 4.78 is 7.53. The van der Waals surface area contributed by atoms with Crippen molar-refractivity contribution in [2.24, 2.45) is 11.0 Å². The number of fused-ring (bicyclic) bond motifs is 1. The van der Waals surface area contributed by atoms with E-state index in [0.29, 0.717) is 11.7 Å². The Balaban J connectivity index is 1.60. The highest BCUT2D eigenvalue weighted by Gasteiger charge is 2.14. The standard InChI is InChI=1S/C19H20Br2N2O2/c1-12-3-2-4-15(9-12)22-23-18(24)11-25-17-8-5-13-10-14(20)6-7-16(13)19(17)21/h5-8,10,12H,2-4,9,11H2,1H3,(H,23,24). The molecule has 1 amide bonds. The van der Waals surface area contributed by atoms with Crippen molar-refractivity contribution < 1.29 is 9.53 Å². The molecule has 2 aromatic carbocycles. The van der Waals surface area contributed by atoms with Gasteiger partial charge in [0.1, 0.15) is 5.75 Å². The third-order valence-corrected chi connectivity index (χ3v) is 5.64. The average molecular weight is 468 g/mol. The van der Waals surface area contributed by atoms with E-state index in [1.54, 1.807) is 0 Å². The van der Waals surface area contributed by atoms with Gasteiger partial charge in [-0.2, -0.15) is 5.10 Å². The van der Waals surface area contributed by atoms with Crippen molar-refractivity contribution >= 4 is 54.3 Å². The first-order valence-corrected chi connectivity index (χ1v) is 9.96. The fourth-order valence-corrected chi connectivity index (χ4v) is 4.02. The van der Waals surface area contributed by atoms with Gasteiger partial charge in [-0.3, -0.25) is 4.79 Å². The zero-order chi connectivity index (χ0) is 17.8. The van der Waals surface area contributed by atoms with Crippen LogP contribution in [0.1, 0.15) is 32.6 Å². The van der Waals surface area contributed by atoms with Crippen LogP contribution in [-0.4, -0.2) is 18.2 Å². The molecule has 0 aromatic heterocycles. The number of benzene rings is 2. The van der Waals surface area contributed by atoms with Crippen LogP contribution in [-0.2, 0) is 4.79 Å². The molecule has 0 saturated heterocycles. The van der Waals surface area contributed by atoms with Gasteiger partial charge in [-0.15, -0.1) is 0 Å². The highest BCUT2D eigenvalue weighted by molar-refractivity contribution is 9.11. The number of amides is 1. The molecule has 6 heteroatoms. The molecule has 0 spiro atoms. The molecule has 1 unspecified atom stereocenters. The van der Waals surface area contributed by atoms with E-state index in [9.17, 15) is 4.79 Å². The van der Waals surface area contributed by atoms with Crippen molar-refractivity contribution in [3.8, 4) is 5.75 Å². The summed E-state index contributed by atoms with van der Waals surface area (Å²) in [5.41, 5.74) is 3.68. The number of carbonyl (C=O) groups excluding carboxylic acids is 1. The second-order valence-corrected chi connectivity index (χ2v) is 8.16. The fourth-order valence-electron chi connectivity index (χ4n) is 3.03. The van der Waals surface area contributed by atoms with Gasteiger partial charge in [-0.1, -0.05) is 35.0 Å². The summed E-state index contributed by atoms with van der Waals surface area (Å²) in [6.45, 7) is 2.16. The van der Waals surface area contributed by atoms with Crippen molar-refractivity contribution in [3.05, 3.63) is 39.3 Å². The molecule has 1 atom stereocenters. The van der Waals surface area contributed by atoms with E-state index < -0.39 is 0 Å². The predicted molar refractivity (Wildman–Crippen MR) is 108 cm³/mol. The van der Waals surface area contributed by atoms with Crippen LogP contribution in [0.5, 0.6) is 5.75 Å². The maximum atomic E-state index is 12.0. The number of halogens is 2. The van der Waals surface area contributed by atoms with Gasteiger partial charge >= 0.3 is 0 Å². The van der Waals surface area contributed by atoms with E-state index in [-0.39, 0.29) is 12.5 Å². The molecule has 0 radical (unpaired) electrons. The summed E-state index contributed by atoms with van der Waals surface area (Å²) in [5, 5.41) is 6.38. The molecule has 0 bridgehead atoms. The van der Waals surface area contributed by atoms with E-state index in [1.807, 2.05) is 30.3 Å². The number of nitrogens with one attached hydrogen (secondary N) is 1. The molecular formula is C19H20Br2N2O2. The van der Waals surface area contributed by atoms with Gasteiger partial charge in [-0.05, 0) is 76.5 Å². The second-order valence-electron chi connectivity index (χ2n) is 6.45. The minimum atomic E-state index is -0.242. The van der Waals surface area contributed by atoms with Crippen LogP contribution in [0.2, 0.25) is 0 Å². The van der Waals surface area contributed by atoms with Crippen LogP contribution in [0.4, 0.5) is 0 Å². The third-order valence-electron chi connectivity index (χ3n) is 4.32. The molecule has 1 N–H and O–H groups in total. The highest BCUT2D eigenvalue weighted by Crippen LogP contribution is 2.34. The average Bonchev–Trinajstić information content (AvgIpc) is 2.59. The Kier molecular flexibility index (Phi) is 6.12. The molecule has 25 heavy (non-hydrogen) atoms. The topological polar surface area (TPSA) is 50.7 Å². The summed E-state index contributed by atoms with van der Waals surface area (Å²) in [5.74, 6) is 1.05. The van der Waals surface area contributed by atoms with Gasteiger partial charge in [0.2, 0.25) is 0 Å². The smallest absolute Gasteiger partial charge is 0.277 e. The lowest BCUT2D eigenvalue weighted by Crippen LogP contribution is -2.27. The number of carbonyl (C=O) groups is 1. The molecule has 4 nitrogen and oxygen atoms in total. The highest BCUT2D eigenvalue weighted by atomic mass is 79.9. The van der Waals surface area contributed by atoms with Crippen LogP contribution >= 0.6 is 31.9 Å². The van der Waals surface area contributed by atoms with E-state index in [1.165, 1.54) is 6.42 Å². The summed E-state index contributed by atoms with van der Waals surface area (Å²) in [6, 6.07) is 9.86. The zero-order valence-corrected chi connectivity index (χ0v) is 17.2. The normalized spacial score (nSPS) is 19.2. The van der Waals surface area contributed by atoms with Gasteiger partial charge < -0.3 is 4.74 Å². The zero-order valence-electron chi connectivity index (χ0n) is 14.0. The van der Waals surface area contributed by atoms with Gasteiger partial charge in [0.05, 0.1) is 4.47 Å². The summed E-state index contributed by atoms with van der Waals surface area (Å²) in [6.07, 6.45) is 4.32. The van der Waals surface area contributed by atoms with Crippen LogP contribution in [0.25, 0.3) is 10.8 Å². The largest absolute Gasteiger partial charge is 0.483 e. The van der Waals surface area contributed by atoms with Crippen molar-refractivity contribution in [2.75, 3.05) is 6.61 Å². The first-order chi connectivity index (χ1) is 12.0. The van der Waals surface area contributed by atoms with Crippen LogP contribution in [0.3, 0.4) is 0 Å². The predicted octanol–water partition coefficient (Wildman–Crippen LogP) is 5.43. The van der Waals surface area contributed by atoms with E-state index in [2.05, 4.69) is 49.3 Å². The molecule has 2 aromatic rings. The molecule has 132 valence electrons. The maximum absolute atomic E-state index is 12.0. The van der Waals surface area contributed by atoms with Gasteiger partial charge in [0, 0.05) is 10.2 Å². The lowest BCUT2D eigenvalue weighted by molar-refractivity contribution is -0.123. The van der Waals surface area contributed by atoms with Gasteiger partial charge in [-0.25, -0.2) is 5.43 Å². The second kappa shape index (κ2) is 8.32. The summed E-state index contributed by atoms with van der Waals surface area (Å²) >= 11 is 7.03. The summed E-state index contributed by atoms with van der Waals surface area (Å²) in [4.78, 5) is 12.0. The number of hydrogen-bond donors (Lipinski definition) is 1. The lowest BCUT2D eigenvalue weighted by atomic mass is 9.89. The van der Waals surface area contributed by atoms with Crippen molar-refractivity contribution in [3.63, 3.8) is 0 Å². The fraction of sp³-hybridized carbons (Fsp3) is 0.368. The Bertz CT molecular complexity index is 820. The SMILES string of the molecule is CC1CCCC(=NNC(=O)COc2ccc3cc(Br)ccc3c2Br)C1. The Hall–Kier alpha value is -1.40. The Morgan fingerprint density at radius 3 is 2.96 bits per heavy atom. The minimum Gasteiger partial charge on any atom is -0.483 e. The third kappa shape index (κ3) is 4.82. The van der Waals surface area contributed by atoms with Crippen LogP contribution in [0, 0.1) is 5.92 Å². The van der Waals surface area contributed by atoms with E-state index >= 15 is 0 Å². The monoisotopic (exact) mass is 466 g/mol. The van der Waals surface area contributed by atoms with Crippen LogP contribution < -0.4 is 10.2 Å². The molecule has 1 aliphatic rings. The molecule has 1 saturated carbocycles. The molecule has 0 heterocycles. The lowest BCUT2D eigenvalue weighted by Gasteiger charge is -2.19.